The maximum atomic E-state index is 11.2. The summed E-state index contributed by atoms with van der Waals surface area (Å²) in [6.45, 7) is 0.535. The summed E-state index contributed by atoms with van der Waals surface area (Å²) in [6, 6.07) is 0. The van der Waals surface area contributed by atoms with Gasteiger partial charge in [0.05, 0.1) is 5.41 Å². The first-order chi connectivity index (χ1) is 7.10. The van der Waals surface area contributed by atoms with Gasteiger partial charge in [0.15, 0.2) is 0 Å². The lowest BCUT2D eigenvalue weighted by molar-refractivity contribution is -0.148. The number of nitrogens with one attached hydrogen (secondary N) is 1. The van der Waals surface area contributed by atoms with Crippen LogP contribution in [0.1, 0.15) is 32.1 Å². The van der Waals surface area contributed by atoms with Crippen LogP contribution in [0.15, 0.2) is 0 Å². The van der Waals surface area contributed by atoms with E-state index in [1.165, 1.54) is 0 Å². The van der Waals surface area contributed by atoms with Gasteiger partial charge in [-0.05, 0) is 12.8 Å². The van der Waals surface area contributed by atoms with Crippen molar-refractivity contribution in [3.63, 3.8) is 0 Å². The van der Waals surface area contributed by atoms with Gasteiger partial charge in [-0.25, -0.2) is 0 Å². The van der Waals surface area contributed by atoms with Crippen LogP contribution in [-0.4, -0.2) is 30.1 Å². The predicted molar refractivity (Wildman–Crippen MR) is 55.2 cm³/mol. The molecular weight excluding hydrogens is 196 g/mol. The van der Waals surface area contributed by atoms with Crippen molar-refractivity contribution in [3.05, 3.63) is 0 Å². The van der Waals surface area contributed by atoms with E-state index in [2.05, 4.69) is 5.32 Å². The zero-order valence-electron chi connectivity index (χ0n) is 8.79. The van der Waals surface area contributed by atoms with E-state index in [4.69, 9.17) is 10.8 Å². The quantitative estimate of drug-likeness (QED) is 0.605. The zero-order valence-corrected chi connectivity index (χ0v) is 8.79. The Morgan fingerprint density at radius 1 is 1.33 bits per heavy atom. The first-order valence-corrected chi connectivity index (χ1v) is 5.31. The van der Waals surface area contributed by atoms with Gasteiger partial charge in [-0.2, -0.15) is 0 Å². The number of carboxylic acid groups (broad SMARTS) is 1. The fraction of sp³-hybridized carbons (Fsp3) is 0.800. The summed E-state index contributed by atoms with van der Waals surface area (Å²) in [4.78, 5) is 22.3. The van der Waals surface area contributed by atoms with Crippen LogP contribution in [0.25, 0.3) is 0 Å². The minimum Gasteiger partial charge on any atom is -0.481 e. The van der Waals surface area contributed by atoms with Crippen LogP contribution >= 0.6 is 0 Å². The third-order valence-corrected chi connectivity index (χ3v) is 3.01. The van der Waals surface area contributed by atoms with Crippen molar-refractivity contribution in [2.75, 3.05) is 13.1 Å². The number of carbonyl (C=O) groups excluding carboxylic acids is 1. The Kier molecular flexibility index (Phi) is 4.08. The molecule has 0 atom stereocenters. The van der Waals surface area contributed by atoms with Crippen LogP contribution in [0, 0.1) is 5.41 Å². The summed E-state index contributed by atoms with van der Waals surface area (Å²) in [5, 5.41) is 11.8. The van der Waals surface area contributed by atoms with Crippen LogP contribution in [0.5, 0.6) is 0 Å². The second kappa shape index (κ2) is 5.11. The summed E-state index contributed by atoms with van der Waals surface area (Å²) in [6.07, 6.45) is 3.43. The molecule has 1 amide bonds. The van der Waals surface area contributed by atoms with Gasteiger partial charge in [-0.1, -0.05) is 12.8 Å². The smallest absolute Gasteiger partial charge is 0.311 e. The molecule has 4 N–H and O–H groups in total. The average molecular weight is 214 g/mol. The lowest BCUT2D eigenvalue weighted by atomic mass is 9.86. The summed E-state index contributed by atoms with van der Waals surface area (Å²) in [5.74, 6) is -0.960. The summed E-state index contributed by atoms with van der Waals surface area (Å²) >= 11 is 0. The van der Waals surface area contributed by atoms with Crippen molar-refractivity contribution in [1.29, 1.82) is 0 Å². The molecule has 5 nitrogen and oxygen atoms in total. The van der Waals surface area contributed by atoms with Crippen LogP contribution in [-0.2, 0) is 9.59 Å². The zero-order chi connectivity index (χ0) is 11.3. The number of aliphatic carboxylic acids is 1. The van der Waals surface area contributed by atoms with Gasteiger partial charge in [0.2, 0.25) is 5.91 Å². The molecule has 1 rings (SSSR count). The molecule has 1 saturated carbocycles. The van der Waals surface area contributed by atoms with E-state index in [1.54, 1.807) is 0 Å². The summed E-state index contributed by atoms with van der Waals surface area (Å²) in [5.41, 5.74) is 4.50. The fourth-order valence-corrected chi connectivity index (χ4v) is 2.01. The SMILES string of the molecule is NCCC(=O)NCC1(C(=O)O)CCCC1. The minimum atomic E-state index is -0.798. The molecule has 0 aromatic rings. The second-order valence-corrected chi connectivity index (χ2v) is 4.11. The third-order valence-electron chi connectivity index (χ3n) is 3.01. The van der Waals surface area contributed by atoms with Gasteiger partial charge in [0.25, 0.3) is 0 Å². The molecule has 15 heavy (non-hydrogen) atoms. The van der Waals surface area contributed by atoms with E-state index in [9.17, 15) is 9.59 Å². The van der Waals surface area contributed by atoms with Gasteiger partial charge >= 0.3 is 5.97 Å². The first-order valence-electron chi connectivity index (χ1n) is 5.31. The molecule has 0 aliphatic heterocycles. The van der Waals surface area contributed by atoms with E-state index >= 15 is 0 Å². The Labute approximate surface area is 89.0 Å². The number of hydrogen-bond acceptors (Lipinski definition) is 3. The molecule has 0 radical (unpaired) electrons. The third kappa shape index (κ3) is 2.92. The molecule has 0 aromatic heterocycles. The minimum absolute atomic E-state index is 0.162. The second-order valence-electron chi connectivity index (χ2n) is 4.11. The van der Waals surface area contributed by atoms with E-state index in [0.29, 0.717) is 19.4 Å². The Hall–Kier alpha value is -1.10. The predicted octanol–water partition coefficient (Wildman–Crippen LogP) is 0.0964. The Morgan fingerprint density at radius 3 is 2.40 bits per heavy atom. The van der Waals surface area contributed by atoms with Crippen molar-refractivity contribution in [1.82, 2.24) is 5.32 Å². The number of carbonyl (C=O) groups is 2. The van der Waals surface area contributed by atoms with Crippen LogP contribution in [0.2, 0.25) is 0 Å². The number of carboxylic acids is 1. The maximum absolute atomic E-state index is 11.2. The molecular formula is C10H18N2O3. The Morgan fingerprint density at radius 2 is 1.93 bits per heavy atom. The largest absolute Gasteiger partial charge is 0.481 e. The van der Waals surface area contributed by atoms with Gasteiger partial charge in [-0.3, -0.25) is 9.59 Å². The highest BCUT2D eigenvalue weighted by atomic mass is 16.4. The highest BCUT2D eigenvalue weighted by Gasteiger charge is 2.41. The number of rotatable bonds is 5. The highest BCUT2D eigenvalue weighted by Crippen LogP contribution is 2.37. The van der Waals surface area contributed by atoms with Crippen LogP contribution in [0.3, 0.4) is 0 Å². The van der Waals surface area contributed by atoms with Gasteiger partial charge in [0.1, 0.15) is 0 Å². The standard InChI is InChI=1S/C10H18N2O3/c11-6-3-8(13)12-7-10(9(14)15)4-1-2-5-10/h1-7,11H2,(H,12,13)(H,14,15). The van der Waals surface area contributed by atoms with Gasteiger partial charge in [0, 0.05) is 19.5 Å². The molecule has 0 bridgehead atoms. The maximum Gasteiger partial charge on any atom is 0.311 e. The number of nitrogens with two attached hydrogens (primary N) is 1. The van der Waals surface area contributed by atoms with E-state index in [-0.39, 0.29) is 18.9 Å². The number of hydrogen-bond donors (Lipinski definition) is 3. The van der Waals surface area contributed by atoms with Crippen molar-refractivity contribution in [3.8, 4) is 0 Å². The Balaban J connectivity index is 2.46. The van der Waals surface area contributed by atoms with Crippen molar-refractivity contribution >= 4 is 11.9 Å². The van der Waals surface area contributed by atoms with Crippen molar-refractivity contribution in [2.24, 2.45) is 11.1 Å². The normalized spacial score (nSPS) is 18.7. The molecule has 0 unspecified atom stereocenters. The molecule has 0 heterocycles. The number of amides is 1. The molecule has 5 heteroatoms. The van der Waals surface area contributed by atoms with Crippen molar-refractivity contribution in [2.45, 2.75) is 32.1 Å². The lowest BCUT2D eigenvalue weighted by Crippen LogP contribution is -2.41. The van der Waals surface area contributed by atoms with Gasteiger partial charge < -0.3 is 16.2 Å². The molecule has 0 aromatic carbocycles. The molecule has 0 spiro atoms. The van der Waals surface area contributed by atoms with E-state index in [0.717, 1.165) is 12.8 Å². The molecule has 0 saturated heterocycles. The summed E-state index contributed by atoms with van der Waals surface area (Å²) < 4.78 is 0. The first kappa shape index (κ1) is 12.0. The van der Waals surface area contributed by atoms with Crippen molar-refractivity contribution < 1.29 is 14.7 Å². The molecule has 1 fully saturated rings. The van der Waals surface area contributed by atoms with E-state index in [1.807, 2.05) is 0 Å². The molecule has 1 aliphatic carbocycles. The highest BCUT2D eigenvalue weighted by molar-refractivity contribution is 5.79. The molecule has 86 valence electrons. The van der Waals surface area contributed by atoms with Gasteiger partial charge in [-0.15, -0.1) is 0 Å². The average Bonchev–Trinajstić information content (AvgIpc) is 2.65. The summed E-state index contributed by atoms with van der Waals surface area (Å²) in [7, 11) is 0. The van der Waals surface area contributed by atoms with Crippen LogP contribution < -0.4 is 11.1 Å². The topological polar surface area (TPSA) is 92.4 Å². The lowest BCUT2D eigenvalue weighted by Gasteiger charge is -2.23. The fourth-order valence-electron chi connectivity index (χ4n) is 2.01. The van der Waals surface area contributed by atoms with Crippen LogP contribution in [0.4, 0.5) is 0 Å². The van der Waals surface area contributed by atoms with E-state index < -0.39 is 11.4 Å². The Bertz CT molecular complexity index is 247. The molecule has 1 aliphatic rings. The monoisotopic (exact) mass is 214 g/mol.